The number of hydrogen-bond acceptors (Lipinski definition) is 5. The molecule has 2 aromatic rings. The van der Waals surface area contributed by atoms with E-state index in [4.69, 9.17) is 0 Å². The number of likely N-dealkylation sites (tertiary alicyclic amines) is 1. The van der Waals surface area contributed by atoms with Crippen molar-refractivity contribution in [3.05, 3.63) is 91.5 Å². The van der Waals surface area contributed by atoms with Crippen LogP contribution in [-0.4, -0.2) is 73.9 Å². The van der Waals surface area contributed by atoms with E-state index in [9.17, 15) is 19.5 Å². The van der Waals surface area contributed by atoms with Gasteiger partial charge in [-0.25, -0.2) is 0 Å². The number of para-hydroxylation sites is 1. The van der Waals surface area contributed by atoms with Crippen LogP contribution in [0, 0.1) is 11.8 Å². The minimum Gasteiger partial charge on any atom is -0.394 e. The van der Waals surface area contributed by atoms with E-state index < -0.39 is 33.4 Å². The number of benzene rings is 2. The smallest absolute Gasteiger partial charge is 0.247 e. The summed E-state index contributed by atoms with van der Waals surface area (Å²) in [6.07, 6.45) is 4.77. The van der Waals surface area contributed by atoms with Crippen LogP contribution in [0.25, 0.3) is 0 Å². The number of fused-ring (bicyclic) bond motifs is 1. The van der Waals surface area contributed by atoms with Gasteiger partial charge in [0.2, 0.25) is 17.7 Å². The molecule has 1 N–H and O–H groups in total. The van der Waals surface area contributed by atoms with Crippen molar-refractivity contribution < 1.29 is 19.5 Å². The number of hydrogen-bond donors (Lipinski definition) is 1. The highest BCUT2D eigenvalue weighted by molar-refractivity contribution is 8.02. The van der Waals surface area contributed by atoms with Gasteiger partial charge in [0.05, 0.1) is 29.2 Å². The number of aliphatic hydroxyl groups excluding tert-OH is 1. The van der Waals surface area contributed by atoms with Gasteiger partial charge in [-0.2, -0.15) is 0 Å². The molecule has 0 aromatic heterocycles. The van der Waals surface area contributed by atoms with Crippen molar-refractivity contribution in [1.29, 1.82) is 0 Å². The molecule has 1 spiro atoms. The normalized spacial score (nSPS) is 28.7. The Morgan fingerprint density at radius 2 is 1.68 bits per heavy atom. The lowest BCUT2D eigenvalue weighted by molar-refractivity contribution is -0.145. The molecule has 2 aromatic carbocycles. The molecule has 3 aliphatic heterocycles. The Balaban J connectivity index is 1.57. The number of carbonyl (C=O) groups is 3. The average molecular weight is 574 g/mol. The summed E-state index contributed by atoms with van der Waals surface area (Å²) in [7, 11) is 0. The SMILES string of the molecule is C=CCN(Cc1ccccc1)C(=O)C1N([C@H](C)CO)C(=O)[C@@H]2[C@H](C(=O)N(CC=C)c3ccccc3)[C@]3(C)CCC12S3. The molecule has 41 heavy (non-hydrogen) atoms. The van der Waals surface area contributed by atoms with E-state index in [2.05, 4.69) is 20.1 Å². The molecule has 3 saturated heterocycles. The van der Waals surface area contributed by atoms with Crippen LogP contribution in [0.15, 0.2) is 86.0 Å². The summed E-state index contributed by atoms with van der Waals surface area (Å²) < 4.78 is -1.26. The number of aliphatic hydroxyl groups is 1. The summed E-state index contributed by atoms with van der Waals surface area (Å²) in [5.74, 6) is -1.78. The molecule has 2 bridgehead atoms. The number of carbonyl (C=O) groups excluding carboxylic acids is 3. The van der Waals surface area contributed by atoms with Crippen LogP contribution in [-0.2, 0) is 20.9 Å². The van der Waals surface area contributed by atoms with Crippen molar-refractivity contribution in [3.8, 4) is 0 Å². The molecule has 216 valence electrons. The third-order valence-corrected chi connectivity index (χ3v) is 11.0. The molecular formula is C33H39N3O4S. The van der Waals surface area contributed by atoms with E-state index in [-0.39, 0.29) is 24.3 Å². The molecule has 0 radical (unpaired) electrons. The van der Waals surface area contributed by atoms with Crippen LogP contribution in [0.4, 0.5) is 5.69 Å². The van der Waals surface area contributed by atoms with Gasteiger partial charge in [-0.15, -0.1) is 24.9 Å². The van der Waals surface area contributed by atoms with Crippen LogP contribution < -0.4 is 4.90 Å². The largest absolute Gasteiger partial charge is 0.394 e. The van der Waals surface area contributed by atoms with Crippen molar-refractivity contribution in [2.24, 2.45) is 11.8 Å². The molecular weight excluding hydrogens is 534 g/mol. The molecule has 6 atom stereocenters. The second-order valence-electron chi connectivity index (χ2n) is 11.6. The van der Waals surface area contributed by atoms with Crippen LogP contribution in [0.5, 0.6) is 0 Å². The van der Waals surface area contributed by atoms with Crippen molar-refractivity contribution in [1.82, 2.24) is 9.80 Å². The number of thioether (sulfide) groups is 1. The van der Waals surface area contributed by atoms with E-state index in [0.29, 0.717) is 26.1 Å². The average Bonchev–Trinajstić information content (AvgIpc) is 3.56. The maximum atomic E-state index is 14.6. The number of amides is 3. The van der Waals surface area contributed by atoms with Crippen LogP contribution in [0.1, 0.15) is 32.3 Å². The first-order valence-corrected chi connectivity index (χ1v) is 15.1. The summed E-state index contributed by atoms with van der Waals surface area (Å²) in [6.45, 7) is 12.4. The highest BCUT2D eigenvalue weighted by Crippen LogP contribution is 2.72. The zero-order chi connectivity index (χ0) is 29.4. The van der Waals surface area contributed by atoms with E-state index in [1.165, 1.54) is 0 Å². The van der Waals surface area contributed by atoms with Crippen LogP contribution in [0.2, 0.25) is 0 Å². The fraction of sp³-hybridized carbons (Fsp3) is 0.424. The summed E-state index contributed by atoms with van der Waals surface area (Å²) in [4.78, 5) is 48.5. The number of anilines is 1. The van der Waals surface area contributed by atoms with E-state index in [1.807, 2.05) is 60.7 Å². The molecule has 8 heteroatoms. The Labute approximate surface area is 246 Å². The third kappa shape index (κ3) is 4.81. The Morgan fingerprint density at radius 3 is 2.29 bits per heavy atom. The Morgan fingerprint density at radius 1 is 1.05 bits per heavy atom. The maximum absolute atomic E-state index is 14.6. The molecule has 3 heterocycles. The second kappa shape index (κ2) is 11.5. The van der Waals surface area contributed by atoms with E-state index in [1.54, 1.807) is 45.5 Å². The van der Waals surface area contributed by atoms with Gasteiger partial charge in [-0.3, -0.25) is 14.4 Å². The minimum atomic E-state index is -0.792. The first-order chi connectivity index (χ1) is 19.7. The zero-order valence-electron chi connectivity index (χ0n) is 23.8. The quantitative estimate of drug-likeness (QED) is 0.406. The van der Waals surface area contributed by atoms with E-state index in [0.717, 1.165) is 17.7 Å². The fourth-order valence-electron chi connectivity index (χ4n) is 7.17. The monoisotopic (exact) mass is 573 g/mol. The second-order valence-corrected chi connectivity index (χ2v) is 13.5. The lowest BCUT2D eigenvalue weighted by Gasteiger charge is -2.39. The van der Waals surface area contributed by atoms with Gasteiger partial charge in [0.15, 0.2) is 0 Å². The molecule has 0 aliphatic carbocycles. The molecule has 0 saturated carbocycles. The standard InChI is InChI=1S/C33H39N3O4S/c1-5-19-34(21-24-13-9-7-10-14-24)31(40)28-33-18-17-32(4,41-33)26(27(33)30(39)36(28)23(3)22-37)29(38)35(20-6-2)25-15-11-8-12-16-25/h5-16,23,26-28,37H,1-2,17-22H2,3-4H3/t23-,26-,27+,28?,32+,33?/m1/s1. The maximum Gasteiger partial charge on any atom is 0.247 e. The van der Waals surface area contributed by atoms with Crippen molar-refractivity contribution in [3.63, 3.8) is 0 Å². The predicted octanol–water partition coefficient (Wildman–Crippen LogP) is 4.28. The minimum absolute atomic E-state index is 0.122. The highest BCUT2D eigenvalue weighted by atomic mass is 32.2. The zero-order valence-corrected chi connectivity index (χ0v) is 24.6. The van der Waals surface area contributed by atoms with Gasteiger partial charge in [-0.1, -0.05) is 60.7 Å². The topological polar surface area (TPSA) is 81.2 Å². The van der Waals surface area contributed by atoms with Crippen molar-refractivity contribution >= 4 is 35.2 Å². The Bertz CT molecular complexity index is 1320. The summed E-state index contributed by atoms with van der Waals surface area (Å²) in [5.41, 5.74) is 1.73. The van der Waals surface area contributed by atoms with Gasteiger partial charge < -0.3 is 19.8 Å². The molecule has 3 aliphatic rings. The molecule has 2 unspecified atom stereocenters. The first kappa shape index (κ1) is 29.1. The summed E-state index contributed by atoms with van der Waals surface area (Å²) in [5, 5.41) is 10.2. The predicted molar refractivity (Wildman–Crippen MR) is 163 cm³/mol. The summed E-state index contributed by atoms with van der Waals surface area (Å²) in [6, 6.07) is 17.9. The third-order valence-electron chi connectivity index (χ3n) is 8.98. The van der Waals surface area contributed by atoms with Crippen LogP contribution in [0.3, 0.4) is 0 Å². The Kier molecular flexibility index (Phi) is 8.17. The van der Waals surface area contributed by atoms with Crippen molar-refractivity contribution in [2.75, 3.05) is 24.6 Å². The van der Waals surface area contributed by atoms with Gasteiger partial charge in [0, 0.05) is 30.1 Å². The lowest BCUT2D eigenvalue weighted by atomic mass is 9.66. The highest BCUT2D eigenvalue weighted by Gasteiger charge is 2.77. The molecule has 3 fully saturated rings. The van der Waals surface area contributed by atoms with Gasteiger partial charge >= 0.3 is 0 Å². The fourth-order valence-corrected chi connectivity index (χ4v) is 9.50. The van der Waals surface area contributed by atoms with Crippen molar-refractivity contribution in [2.45, 2.75) is 54.8 Å². The van der Waals surface area contributed by atoms with Gasteiger partial charge in [0.1, 0.15) is 6.04 Å². The van der Waals surface area contributed by atoms with Gasteiger partial charge in [-0.05, 0) is 44.4 Å². The van der Waals surface area contributed by atoms with Gasteiger partial charge in [0.25, 0.3) is 0 Å². The van der Waals surface area contributed by atoms with E-state index >= 15 is 0 Å². The molecule has 7 nitrogen and oxygen atoms in total. The Hall–Kier alpha value is -3.36. The number of nitrogens with zero attached hydrogens (tertiary/aromatic N) is 3. The van der Waals surface area contributed by atoms with Crippen LogP contribution >= 0.6 is 11.8 Å². The summed E-state index contributed by atoms with van der Waals surface area (Å²) >= 11 is 1.64. The molecule has 3 amide bonds. The lowest BCUT2D eigenvalue weighted by Crippen LogP contribution is -2.56. The molecule has 5 rings (SSSR count). The number of rotatable bonds is 11. The first-order valence-electron chi connectivity index (χ1n) is 14.3.